The second kappa shape index (κ2) is 4.59. The van der Waals surface area contributed by atoms with Gasteiger partial charge in [0, 0.05) is 6.04 Å². The standard InChI is InChI=1S/C9H11ClFNO2/c10-7-2-5(1-6(12)4-13)3-8(11)9(7)14/h2-3,6,13-14H,1,4,12H2. The van der Waals surface area contributed by atoms with Gasteiger partial charge in [-0.2, -0.15) is 0 Å². The second-order valence-corrected chi connectivity index (χ2v) is 3.46. The van der Waals surface area contributed by atoms with Crippen LogP contribution in [0.3, 0.4) is 0 Å². The van der Waals surface area contributed by atoms with Crippen molar-refractivity contribution in [3.05, 3.63) is 28.5 Å². The highest BCUT2D eigenvalue weighted by Gasteiger charge is 2.10. The molecule has 1 aromatic carbocycles. The highest BCUT2D eigenvalue weighted by molar-refractivity contribution is 6.32. The van der Waals surface area contributed by atoms with Crippen molar-refractivity contribution >= 4 is 11.6 Å². The molecular formula is C9H11ClFNO2. The first-order chi connectivity index (χ1) is 6.54. The summed E-state index contributed by atoms with van der Waals surface area (Å²) < 4.78 is 13.0. The average Bonchev–Trinajstić information content (AvgIpc) is 2.14. The number of halogens is 2. The van der Waals surface area contributed by atoms with E-state index in [0.29, 0.717) is 12.0 Å². The van der Waals surface area contributed by atoms with Crippen LogP contribution in [0.4, 0.5) is 4.39 Å². The van der Waals surface area contributed by atoms with Crippen molar-refractivity contribution in [3.63, 3.8) is 0 Å². The number of nitrogens with two attached hydrogens (primary N) is 1. The first-order valence-corrected chi connectivity index (χ1v) is 4.45. The minimum absolute atomic E-state index is 0.0508. The molecule has 0 saturated carbocycles. The van der Waals surface area contributed by atoms with E-state index in [2.05, 4.69) is 0 Å². The monoisotopic (exact) mass is 219 g/mol. The van der Waals surface area contributed by atoms with Crippen molar-refractivity contribution < 1.29 is 14.6 Å². The van der Waals surface area contributed by atoms with Crippen LogP contribution in [-0.4, -0.2) is 22.9 Å². The predicted molar refractivity (Wildman–Crippen MR) is 51.8 cm³/mol. The molecule has 0 aliphatic heterocycles. The lowest BCUT2D eigenvalue weighted by molar-refractivity contribution is 0.265. The molecule has 0 aromatic heterocycles. The average molecular weight is 220 g/mol. The maximum absolute atomic E-state index is 13.0. The molecule has 1 rings (SSSR count). The van der Waals surface area contributed by atoms with E-state index in [-0.39, 0.29) is 11.6 Å². The molecule has 78 valence electrons. The Labute approximate surface area is 85.9 Å². The van der Waals surface area contributed by atoms with Gasteiger partial charge in [-0.05, 0) is 24.1 Å². The molecule has 0 aliphatic carbocycles. The third-order valence-corrected chi connectivity index (χ3v) is 2.10. The number of aliphatic hydroxyl groups excluding tert-OH is 1. The van der Waals surface area contributed by atoms with Gasteiger partial charge in [0.15, 0.2) is 11.6 Å². The third kappa shape index (κ3) is 2.57. The van der Waals surface area contributed by atoms with Gasteiger partial charge in [-0.1, -0.05) is 11.6 Å². The van der Waals surface area contributed by atoms with Crippen LogP contribution < -0.4 is 5.73 Å². The topological polar surface area (TPSA) is 66.5 Å². The molecule has 0 radical (unpaired) electrons. The number of rotatable bonds is 3. The number of phenolic OH excluding ortho intramolecular Hbond substituents is 1. The summed E-state index contributed by atoms with van der Waals surface area (Å²) in [6.07, 6.45) is 0.313. The van der Waals surface area contributed by atoms with Crippen LogP contribution in [0.25, 0.3) is 0 Å². The Kier molecular flexibility index (Phi) is 3.69. The minimum Gasteiger partial charge on any atom is -0.504 e. The molecule has 1 atom stereocenters. The lowest BCUT2D eigenvalue weighted by atomic mass is 10.1. The molecule has 5 heteroatoms. The highest BCUT2D eigenvalue weighted by Crippen LogP contribution is 2.27. The molecule has 3 nitrogen and oxygen atoms in total. The number of hydrogen-bond donors (Lipinski definition) is 3. The Hall–Kier alpha value is -0.840. The quantitative estimate of drug-likeness (QED) is 0.712. The van der Waals surface area contributed by atoms with Gasteiger partial charge in [0.05, 0.1) is 11.6 Å². The molecule has 0 heterocycles. The van der Waals surface area contributed by atoms with Crippen molar-refractivity contribution in [1.82, 2.24) is 0 Å². The van der Waals surface area contributed by atoms with Crippen LogP contribution in [0.1, 0.15) is 5.56 Å². The van der Waals surface area contributed by atoms with Crippen molar-refractivity contribution in [3.8, 4) is 5.75 Å². The molecule has 4 N–H and O–H groups in total. The summed E-state index contributed by atoms with van der Waals surface area (Å²) in [4.78, 5) is 0. The van der Waals surface area contributed by atoms with Crippen LogP contribution in [0.5, 0.6) is 5.75 Å². The maximum Gasteiger partial charge on any atom is 0.170 e. The van der Waals surface area contributed by atoms with Gasteiger partial charge in [-0.3, -0.25) is 0 Å². The van der Waals surface area contributed by atoms with E-state index in [1.54, 1.807) is 0 Å². The van der Waals surface area contributed by atoms with Crippen molar-refractivity contribution in [2.75, 3.05) is 6.61 Å². The maximum atomic E-state index is 13.0. The van der Waals surface area contributed by atoms with Crippen molar-refractivity contribution in [2.45, 2.75) is 12.5 Å². The van der Waals surface area contributed by atoms with E-state index in [9.17, 15) is 4.39 Å². The van der Waals surface area contributed by atoms with E-state index in [0.717, 1.165) is 6.07 Å². The largest absolute Gasteiger partial charge is 0.504 e. The van der Waals surface area contributed by atoms with Gasteiger partial charge in [0.1, 0.15) is 0 Å². The zero-order valence-corrected chi connectivity index (χ0v) is 8.13. The Bertz CT molecular complexity index is 310. The lowest BCUT2D eigenvalue weighted by Crippen LogP contribution is -2.26. The fourth-order valence-corrected chi connectivity index (χ4v) is 1.33. The van der Waals surface area contributed by atoms with Gasteiger partial charge in [0.2, 0.25) is 0 Å². The van der Waals surface area contributed by atoms with Gasteiger partial charge in [-0.25, -0.2) is 4.39 Å². The second-order valence-electron chi connectivity index (χ2n) is 3.05. The molecule has 0 amide bonds. The SMILES string of the molecule is NC(CO)Cc1cc(F)c(O)c(Cl)c1. The first-order valence-electron chi connectivity index (χ1n) is 4.08. The van der Waals surface area contributed by atoms with E-state index in [1.807, 2.05) is 0 Å². The molecule has 0 spiro atoms. The summed E-state index contributed by atoms with van der Waals surface area (Å²) >= 11 is 5.55. The zero-order valence-electron chi connectivity index (χ0n) is 7.37. The molecule has 0 fully saturated rings. The van der Waals surface area contributed by atoms with Gasteiger partial charge < -0.3 is 15.9 Å². The van der Waals surface area contributed by atoms with E-state index in [4.69, 9.17) is 27.5 Å². The van der Waals surface area contributed by atoms with E-state index in [1.165, 1.54) is 6.07 Å². The van der Waals surface area contributed by atoms with Crippen LogP contribution >= 0.6 is 11.6 Å². The normalized spacial score (nSPS) is 12.9. The van der Waals surface area contributed by atoms with Crippen LogP contribution in [0.15, 0.2) is 12.1 Å². The summed E-state index contributed by atoms with van der Waals surface area (Å²) in [5.74, 6) is -1.34. The molecule has 14 heavy (non-hydrogen) atoms. The molecule has 0 saturated heterocycles. The smallest absolute Gasteiger partial charge is 0.170 e. The summed E-state index contributed by atoms with van der Waals surface area (Å²) in [5, 5.41) is 17.7. The minimum atomic E-state index is -0.780. The number of benzene rings is 1. The van der Waals surface area contributed by atoms with Crippen LogP contribution in [0.2, 0.25) is 5.02 Å². The predicted octanol–water partition coefficient (Wildman–Crippen LogP) is 1.05. The van der Waals surface area contributed by atoms with Crippen molar-refractivity contribution in [1.29, 1.82) is 0 Å². The number of aliphatic hydroxyl groups is 1. The number of aromatic hydroxyl groups is 1. The van der Waals surface area contributed by atoms with Gasteiger partial charge >= 0.3 is 0 Å². The number of phenols is 1. The Balaban J connectivity index is 2.89. The van der Waals surface area contributed by atoms with Crippen LogP contribution in [0, 0.1) is 5.82 Å². The first kappa shape index (κ1) is 11.2. The van der Waals surface area contributed by atoms with E-state index < -0.39 is 17.6 Å². The molecule has 0 bridgehead atoms. The Morgan fingerprint density at radius 1 is 1.50 bits per heavy atom. The Morgan fingerprint density at radius 2 is 2.14 bits per heavy atom. The summed E-state index contributed by atoms with van der Waals surface area (Å²) in [6.45, 7) is -0.180. The fourth-order valence-electron chi connectivity index (χ4n) is 1.10. The van der Waals surface area contributed by atoms with Gasteiger partial charge in [0.25, 0.3) is 0 Å². The zero-order chi connectivity index (χ0) is 10.7. The van der Waals surface area contributed by atoms with Crippen LogP contribution in [-0.2, 0) is 6.42 Å². The summed E-state index contributed by atoms with van der Waals surface area (Å²) in [7, 11) is 0. The summed E-state index contributed by atoms with van der Waals surface area (Å²) in [6, 6.07) is 2.13. The highest BCUT2D eigenvalue weighted by atomic mass is 35.5. The van der Waals surface area contributed by atoms with Crippen molar-refractivity contribution in [2.24, 2.45) is 5.73 Å². The molecule has 1 aromatic rings. The fraction of sp³-hybridized carbons (Fsp3) is 0.333. The number of hydrogen-bond acceptors (Lipinski definition) is 3. The molecule has 1 unspecified atom stereocenters. The third-order valence-electron chi connectivity index (χ3n) is 1.81. The van der Waals surface area contributed by atoms with Gasteiger partial charge in [-0.15, -0.1) is 0 Å². The molecular weight excluding hydrogens is 209 g/mol. The van der Waals surface area contributed by atoms with E-state index >= 15 is 0 Å². The molecule has 0 aliphatic rings. The summed E-state index contributed by atoms with van der Waals surface area (Å²) in [5.41, 5.74) is 6.01. The Morgan fingerprint density at radius 3 is 2.64 bits per heavy atom. The lowest BCUT2D eigenvalue weighted by Gasteiger charge is -2.09.